The number of piperidine rings is 1. The first-order valence-electron chi connectivity index (χ1n) is 24.1. The summed E-state index contributed by atoms with van der Waals surface area (Å²) in [5.41, 5.74) is -0.233. The van der Waals surface area contributed by atoms with Crippen LogP contribution < -0.4 is 26.6 Å². The summed E-state index contributed by atoms with van der Waals surface area (Å²) < 4.78 is 10.8. The Morgan fingerprint density at radius 2 is 1.13 bits per heavy atom. The maximum Gasteiger partial charge on any atom is 0.408 e. The van der Waals surface area contributed by atoms with E-state index < -0.39 is 71.4 Å². The van der Waals surface area contributed by atoms with Crippen LogP contribution in [0.1, 0.15) is 119 Å². The molecule has 1 unspecified atom stereocenters. The van der Waals surface area contributed by atoms with Gasteiger partial charge in [0.25, 0.3) is 0 Å². The molecule has 0 aromatic heterocycles. The van der Waals surface area contributed by atoms with Crippen LogP contribution in [0.3, 0.4) is 0 Å². The number of rotatable bonds is 20. The zero-order chi connectivity index (χ0) is 50.4. The van der Waals surface area contributed by atoms with E-state index in [9.17, 15) is 38.7 Å². The monoisotopic (exact) mass is 948 g/mol. The summed E-state index contributed by atoms with van der Waals surface area (Å²) in [4.78, 5) is 98.1. The van der Waals surface area contributed by atoms with Crippen LogP contribution in [0.25, 0.3) is 0 Å². The number of likely N-dealkylation sites (tertiary alicyclic amines) is 2. The number of amides is 7. The Hall–Kier alpha value is -5.87. The zero-order valence-electron chi connectivity index (χ0n) is 41.8. The largest absolute Gasteiger partial charge is 0.465 e. The third-order valence-corrected chi connectivity index (χ3v) is 12.1. The van der Waals surface area contributed by atoms with Crippen molar-refractivity contribution < 1.29 is 48.1 Å². The summed E-state index contributed by atoms with van der Waals surface area (Å²) >= 11 is 0. The van der Waals surface area contributed by atoms with E-state index in [0.29, 0.717) is 45.3 Å². The van der Waals surface area contributed by atoms with Gasteiger partial charge in [-0.1, -0.05) is 88.4 Å². The first-order chi connectivity index (χ1) is 31.9. The second-order valence-electron chi connectivity index (χ2n) is 21.1. The average molecular weight is 948 g/mol. The Balaban J connectivity index is 1.55. The molecule has 1 spiro atoms. The lowest BCUT2D eigenvalue weighted by molar-refractivity contribution is -0.146. The number of carbonyl (C=O) groups is 7. The molecular formula is C51H77N7O10. The third-order valence-electron chi connectivity index (χ3n) is 12.1. The fourth-order valence-electron chi connectivity index (χ4n) is 9.17. The Kier molecular flexibility index (Phi) is 19.7. The fourth-order valence-corrected chi connectivity index (χ4v) is 9.17. The van der Waals surface area contributed by atoms with E-state index in [0.717, 1.165) is 11.1 Å². The highest BCUT2D eigenvalue weighted by atomic mass is 16.6. The number of hydrogen-bond donors (Lipinski definition) is 6. The Labute approximate surface area is 402 Å². The molecule has 376 valence electrons. The highest BCUT2D eigenvalue weighted by Crippen LogP contribution is 2.49. The lowest BCUT2D eigenvalue weighted by Gasteiger charge is -2.61. The van der Waals surface area contributed by atoms with Crippen molar-refractivity contribution in [2.45, 2.75) is 162 Å². The molecule has 0 radical (unpaired) electrons. The first-order valence-corrected chi connectivity index (χ1v) is 24.1. The van der Waals surface area contributed by atoms with Gasteiger partial charge in [0, 0.05) is 50.5 Å². The molecule has 4 rings (SSSR count). The highest BCUT2D eigenvalue weighted by Gasteiger charge is 2.57. The molecule has 2 fully saturated rings. The molecule has 2 aromatic rings. The van der Waals surface area contributed by atoms with Gasteiger partial charge in [-0.05, 0) is 103 Å². The molecule has 2 aromatic carbocycles. The molecule has 7 amide bonds. The molecule has 17 nitrogen and oxygen atoms in total. The maximum absolute atomic E-state index is 14.5. The van der Waals surface area contributed by atoms with E-state index in [2.05, 4.69) is 26.6 Å². The lowest BCUT2D eigenvalue weighted by atomic mass is 9.62. The molecule has 2 saturated heterocycles. The van der Waals surface area contributed by atoms with Crippen LogP contribution >= 0.6 is 0 Å². The minimum Gasteiger partial charge on any atom is -0.465 e. The summed E-state index contributed by atoms with van der Waals surface area (Å²) in [5.74, 6) is -2.09. The molecule has 5 atom stereocenters. The van der Waals surface area contributed by atoms with Gasteiger partial charge in [0.15, 0.2) is 0 Å². The highest BCUT2D eigenvalue weighted by molar-refractivity contribution is 5.95. The predicted molar refractivity (Wildman–Crippen MR) is 258 cm³/mol. The Morgan fingerprint density at radius 1 is 0.662 bits per heavy atom. The standard InChI is InChI=1S/C51H77N7O10/c1-33(2)29-38(54-43(60)39(30-35-19-13-11-14-20-35)55-44(61)40(31-36-21-15-12-16-22-36)56-47(64)68-50(8,9)10)42(59)53-37(23-17-18-26-52-46(63)67-49(5,6)7)45(62)57-27-24-51(25-28-57)32-58(48(65)66)41(51)34(3)4/h11-16,19-22,33-34,37-41H,17-18,23-32H2,1-10H3,(H,52,63)(H,53,59)(H,54,60)(H,55,61)(H,56,64)(H,65,66)/t37-,38-,39-,40-,41?/m1/s1. The van der Waals surface area contributed by atoms with Gasteiger partial charge >= 0.3 is 18.3 Å². The van der Waals surface area contributed by atoms with Crippen LogP contribution in [-0.2, 0) is 41.5 Å². The lowest BCUT2D eigenvalue weighted by Crippen LogP contribution is -2.70. The number of carbonyl (C=O) groups excluding carboxylic acids is 6. The predicted octanol–water partition coefficient (Wildman–Crippen LogP) is 6.19. The fraction of sp³-hybridized carbons (Fsp3) is 0.627. The van der Waals surface area contributed by atoms with Crippen molar-refractivity contribution in [3.05, 3.63) is 71.8 Å². The quantitative estimate of drug-likeness (QED) is 0.0826. The molecule has 0 bridgehead atoms. The number of benzene rings is 2. The summed E-state index contributed by atoms with van der Waals surface area (Å²) in [6, 6.07) is 13.7. The van der Waals surface area contributed by atoms with Crippen LogP contribution in [0.5, 0.6) is 0 Å². The summed E-state index contributed by atoms with van der Waals surface area (Å²) in [6.07, 6.45) is 0.503. The van der Waals surface area contributed by atoms with Crippen molar-refractivity contribution >= 4 is 41.9 Å². The van der Waals surface area contributed by atoms with Gasteiger partial charge in [-0.15, -0.1) is 0 Å². The summed E-state index contributed by atoms with van der Waals surface area (Å²) in [6.45, 7) is 19.8. The van der Waals surface area contributed by atoms with Crippen molar-refractivity contribution in [2.75, 3.05) is 26.2 Å². The van der Waals surface area contributed by atoms with Crippen molar-refractivity contribution in [2.24, 2.45) is 17.3 Å². The first kappa shape index (κ1) is 54.7. The van der Waals surface area contributed by atoms with Crippen molar-refractivity contribution in [3.63, 3.8) is 0 Å². The van der Waals surface area contributed by atoms with E-state index in [1.165, 1.54) is 4.90 Å². The molecule has 68 heavy (non-hydrogen) atoms. The molecule has 2 aliphatic heterocycles. The van der Waals surface area contributed by atoms with Gasteiger partial charge in [0.05, 0.1) is 0 Å². The second-order valence-corrected chi connectivity index (χ2v) is 21.1. The molecule has 6 N–H and O–H groups in total. The molecular weight excluding hydrogens is 871 g/mol. The molecule has 0 aliphatic carbocycles. The molecule has 0 saturated carbocycles. The van der Waals surface area contributed by atoms with Crippen molar-refractivity contribution in [1.29, 1.82) is 0 Å². The third kappa shape index (κ3) is 17.0. The zero-order valence-corrected chi connectivity index (χ0v) is 41.8. The Morgan fingerprint density at radius 3 is 1.62 bits per heavy atom. The van der Waals surface area contributed by atoms with E-state index in [1.54, 1.807) is 46.4 Å². The van der Waals surface area contributed by atoms with Crippen LogP contribution in [0.15, 0.2) is 60.7 Å². The van der Waals surface area contributed by atoms with Crippen molar-refractivity contribution in [3.8, 4) is 0 Å². The van der Waals surface area contributed by atoms with E-state index in [-0.39, 0.29) is 61.4 Å². The number of unbranched alkanes of at least 4 members (excludes halogenated alkanes) is 1. The van der Waals surface area contributed by atoms with Gasteiger partial charge in [0.1, 0.15) is 35.4 Å². The molecule has 17 heteroatoms. The van der Waals surface area contributed by atoms with Crippen LogP contribution in [-0.4, -0.2) is 124 Å². The number of ether oxygens (including phenoxy) is 2. The summed E-state index contributed by atoms with van der Waals surface area (Å²) in [5, 5.41) is 24.0. The summed E-state index contributed by atoms with van der Waals surface area (Å²) in [7, 11) is 0. The molecule has 2 aliphatic rings. The van der Waals surface area contributed by atoms with Gasteiger partial charge < -0.3 is 51.0 Å². The van der Waals surface area contributed by atoms with Crippen molar-refractivity contribution in [1.82, 2.24) is 36.4 Å². The van der Waals surface area contributed by atoms with Crippen LogP contribution in [0.4, 0.5) is 14.4 Å². The number of nitrogens with one attached hydrogen (secondary N) is 5. The number of nitrogens with zero attached hydrogens (tertiary/aromatic N) is 2. The normalized spacial score (nSPS) is 17.5. The second kappa shape index (κ2) is 24.4. The van der Waals surface area contributed by atoms with Gasteiger partial charge in [-0.2, -0.15) is 0 Å². The van der Waals surface area contributed by atoms with Gasteiger partial charge in [0.2, 0.25) is 23.6 Å². The smallest absolute Gasteiger partial charge is 0.408 e. The number of alkyl carbamates (subject to hydrolysis) is 2. The average Bonchev–Trinajstić information content (AvgIpc) is 3.23. The van der Waals surface area contributed by atoms with Gasteiger partial charge in [-0.3, -0.25) is 19.2 Å². The van der Waals surface area contributed by atoms with Crippen LogP contribution in [0.2, 0.25) is 0 Å². The number of carboxylic acid groups (broad SMARTS) is 1. The topological polar surface area (TPSA) is 225 Å². The van der Waals surface area contributed by atoms with Crippen LogP contribution in [0, 0.1) is 17.3 Å². The SMILES string of the molecule is CC(C)C[C@@H](NC(=O)[C@@H](Cc1ccccc1)NC(=O)[C@@H](Cc1ccccc1)NC(=O)OC(C)(C)C)C(=O)N[C@H](CCCCNC(=O)OC(C)(C)C)C(=O)N1CCC2(CC1)CN(C(=O)O)C2C(C)C. The van der Waals surface area contributed by atoms with Gasteiger partial charge in [-0.25, -0.2) is 14.4 Å². The molecule has 2 heterocycles. The van der Waals surface area contributed by atoms with E-state index in [4.69, 9.17) is 9.47 Å². The van der Waals surface area contributed by atoms with E-state index in [1.807, 2.05) is 88.4 Å². The minimum atomic E-state index is -1.18. The maximum atomic E-state index is 14.5. The minimum absolute atomic E-state index is 0.0652. The Bertz CT molecular complexity index is 2010. The van der Waals surface area contributed by atoms with E-state index >= 15 is 0 Å². The number of hydrogen-bond acceptors (Lipinski definition) is 9.